The van der Waals surface area contributed by atoms with Gasteiger partial charge in [-0.15, -0.1) is 11.3 Å². The molecule has 0 atom stereocenters. The molecule has 0 saturated heterocycles. The van der Waals surface area contributed by atoms with E-state index in [-0.39, 0.29) is 60.3 Å². The van der Waals surface area contributed by atoms with Crippen LogP contribution in [0, 0.1) is 70.1 Å². The maximum atomic E-state index is 14.5. The summed E-state index contributed by atoms with van der Waals surface area (Å²) in [7, 11) is -2.89. The predicted octanol–water partition coefficient (Wildman–Crippen LogP) is 10.1. The van der Waals surface area contributed by atoms with Gasteiger partial charge in [0.15, 0.2) is 7.14 Å². The van der Waals surface area contributed by atoms with Gasteiger partial charge in [0.2, 0.25) is 0 Å². The third-order valence-electron chi connectivity index (χ3n) is 9.52. The van der Waals surface area contributed by atoms with E-state index in [4.69, 9.17) is 0 Å². The van der Waals surface area contributed by atoms with E-state index in [1.165, 1.54) is 17.4 Å². The second kappa shape index (κ2) is 16.1. The van der Waals surface area contributed by atoms with Gasteiger partial charge in [-0.25, -0.2) is 0 Å². The number of aryl methyl sites for hydroxylation is 3. The molecule has 6 aromatic carbocycles. The van der Waals surface area contributed by atoms with Gasteiger partial charge in [0.05, 0.1) is 10.2 Å². The number of fused-ring (bicyclic) bond motifs is 5. The van der Waals surface area contributed by atoms with E-state index >= 15 is 0 Å². The van der Waals surface area contributed by atoms with Gasteiger partial charge in [-0.3, -0.25) is 14.2 Å². The molecule has 8 rings (SSSR count). The summed E-state index contributed by atoms with van der Waals surface area (Å²) in [4.78, 5) is 25.3. The van der Waals surface area contributed by atoms with E-state index in [1.54, 1.807) is 36.4 Å². The summed E-state index contributed by atoms with van der Waals surface area (Å²) >= 11 is 1.36. The van der Waals surface area contributed by atoms with Crippen molar-refractivity contribution in [2.75, 3.05) is 0 Å². The number of thiophene rings is 1. The zero-order valence-corrected chi connectivity index (χ0v) is 33.9. The number of aromatic nitrogens is 1. The van der Waals surface area contributed by atoms with Crippen molar-refractivity contribution >= 4 is 71.3 Å². The maximum Gasteiger partial charge on any atom is 0.455 e. The molecule has 0 unspecified atom stereocenters. The van der Waals surface area contributed by atoms with Crippen molar-refractivity contribution in [2.45, 2.75) is 26.9 Å². The number of Topliss-reactive ketones (excluding diaryl/α,β-unsaturated/α-hetero) is 1. The first-order valence-electron chi connectivity index (χ1n) is 17.0. The molecule has 55 heavy (non-hydrogen) atoms. The zero-order valence-electron chi connectivity index (χ0n) is 29.8. The van der Waals surface area contributed by atoms with Crippen LogP contribution in [-0.4, -0.2) is 21.6 Å². The summed E-state index contributed by atoms with van der Waals surface area (Å²) < 4.78 is 56.7. The number of aromatic hydroxyl groups is 1. The Balaban J connectivity index is 0.000000192. The second-order valence-corrected chi connectivity index (χ2v) is 16.6. The molecular weight excluding hydrogens is 878 g/mol. The molecule has 2 heterocycles. The Morgan fingerprint density at radius 1 is 0.636 bits per heavy atom. The normalized spacial score (nSPS) is 11.6. The molecule has 0 spiro atoms. The van der Waals surface area contributed by atoms with Gasteiger partial charge in [0.1, 0.15) is 11.3 Å². The molecule has 5 nitrogen and oxygen atoms in total. The van der Waals surface area contributed by atoms with E-state index < -0.39 is 36.0 Å². The molecule has 0 bridgehead atoms. The van der Waals surface area contributed by atoms with E-state index in [2.05, 4.69) is 0 Å². The third-order valence-corrected chi connectivity index (χ3v) is 14.3. The van der Waals surface area contributed by atoms with Crippen molar-refractivity contribution in [3.8, 4) is 11.4 Å². The smallest absolute Gasteiger partial charge is 0.455 e. The van der Waals surface area contributed by atoms with E-state index in [0.717, 1.165) is 52.6 Å². The first kappa shape index (κ1) is 40.5. The summed E-state index contributed by atoms with van der Waals surface area (Å²) in [5.74, 6) is -3.34. The number of benzene rings is 6. The van der Waals surface area contributed by atoms with Crippen LogP contribution in [0.1, 0.15) is 27.0 Å². The number of rotatable bonds is 5. The van der Waals surface area contributed by atoms with Crippen LogP contribution >= 0.6 is 18.5 Å². The fourth-order valence-electron chi connectivity index (χ4n) is 6.95. The second-order valence-electron chi connectivity index (χ2n) is 12.9. The Bertz CT molecular complexity index is 2730. The molecule has 277 valence electrons. The van der Waals surface area contributed by atoms with Crippen molar-refractivity contribution in [3.63, 3.8) is 0 Å². The molecule has 8 aromatic rings. The van der Waals surface area contributed by atoms with Gasteiger partial charge < -0.3 is 9.67 Å². The van der Waals surface area contributed by atoms with Gasteiger partial charge in [0, 0.05) is 91.8 Å². The van der Waals surface area contributed by atoms with Crippen molar-refractivity contribution in [1.29, 1.82) is 0 Å². The Labute approximate surface area is 360 Å². The maximum absolute atomic E-state index is 14.5. The van der Waals surface area contributed by atoms with Gasteiger partial charge >= 0.3 is 6.18 Å². The number of ketones is 1. The average molecular weight is 912 g/mol. The SMILES string of the molecule is Cc1ccccc1P(=O)(c1ccccc1C)c1ccccc1C.O=C(c1c(O)c2ccc3c4ccccc4sc3c2n(-c2ccccc2)c1=O)C(F)(F)F.[Eu]. The summed E-state index contributed by atoms with van der Waals surface area (Å²) in [6, 6.07) is 42.8. The molecular formula is C44H33EuF3NO4PS. The van der Waals surface area contributed by atoms with E-state index in [9.17, 15) is 32.4 Å². The number of halogens is 3. The summed E-state index contributed by atoms with van der Waals surface area (Å²) in [5, 5.41) is 15.2. The Kier molecular flexibility index (Phi) is 11.9. The molecule has 2 aromatic heterocycles. The minimum atomic E-state index is -5.31. The van der Waals surface area contributed by atoms with Gasteiger partial charge in [0.25, 0.3) is 11.3 Å². The van der Waals surface area contributed by atoms with Gasteiger partial charge in [-0.05, 0) is 61.7 Å². The number of carbonyl (C=O) groups excluding carboxylic acids is 1. The van der Waals surface area contributed by atoms with Crippen molar-refractivity contribution in [3.05, 3.63) is 172 Å². The molecule has 1 N–H and O–H groups in total. The zero-order chi connectivity index (χ0) is 38.4. The first-order valence-corrected chi connectivity index (χ1v) is 19.5. The topological polar surface area (TPSA) is 76.4 Å². The minimum absolute atomic E-state index is 0. The monoisotopic (exact) mass is 912 g/mol. The van der Waals surface area contributed by atoms with Crippen LogP contribution in [0.2, 0.25) is 0 Å². The third kappa shape index (κ3) is 7.31. The van der Waals surface area contributed by atoms with Gasteiger partial charge in [-0.1, -0.05) is 115 Å². The number of para-hydroxylation sites is 1. The van der Waals surface area contributed by atoms with Crippen LogP contribution in [0.3, 0.4) is 0 Å². The van der Waals surface area contributed by atoms with Crippen LogP contribution in [0.15, 0.2) is 144 Å². The molecule has 0 aliphatic heterocycles. The molecule has 11 heteroatoms. The molecule has 0 aliphatic carbocycles. The van der Waals surface area contributed by atoms with Crippen LogP contribution in [-0.2, 0) is 4.57 Å². The van der Waals surface area contributed by atoms with Crippen LogP contribution in [0.25, 0.3) is 36.8 Å². The quantitative estimate of drug-likeness (QED) is 0.138. The molecule has 1 radical (unpaired) electrons. The Morgan fingerprint density at radius 2 is 1.09 bits per heavy atom. The van der Waals surface area contributed by atoms with E-state index in [1.807, 2.05) is 118 Å². The number of alkyl halides is 3. The standard InChI is InChI=1S/C23H12F3NO3S.C21H21OP.Eu/c24-23(25,26)21(29)17-19(28)15-11-10-14-13-8-4-5-9-16(13)31-20(14)18(15)27(22(17)30)12-6-2-1-3-7-12;1-16-10-4-7-13-19(16)23(22,20-14-8-5-11-17(20)2)21-15-9-6-12-18(21)3;/h1-11,28H;4-15H,1-3H3;. The van der Waals surface area contributed by atoms with Crippen molar-refractivity contribution < 1.29 is 77.0 Å². The largest absolute Gasteiger partial charge is 0.506 e. The first-order chi connectivity index (χ1) is 25.8. The fourth-order valence-corrected chi connectivity index (χ4v) is 11.6. The molecule has 0 amide bonds. The molecule has 0 fully saturated rings. The summed E-state index contributed by atoms with van der Waals surface area (Å²) in [6.45, 7) is 6.12. The number of pyridine rings is 1. The Morgan fingerprint density at radius 3 is 1.60 bits per heavy atom. The summed E-state index contributed by atoms with van der Waals surface area (Å²) in [6.07, 6.45) is -5.31. The fraction of sp³-hybridized carbons (Fsp3) is 0.0909. The molecule has 0 aliphatic rings. The number of carbonyl (C=O) groups is 1. The number of nitrogens with zero attached hydrogens (tertiary/aromatic N) is 1. The summed E-state index contributed by atoms with van der Waals surface area (Å²) in [5.41, 5.74) is 1.25. The van der Waals surface area contributed by atoms with Crippen molar-refractivity contribution in [1.82, 2.24) is 4.57 Å². The van der Waals surface area contributed by atoms with E-state index in [0.29, 0.717) is 10.4 Å². The van der Waals surface area contributed by atoms with Crippen LogP contribution in [0.5, 0.6) is 5.75 Å². The number of hydrogen-bond donors (Lipinski definition) is 1. The van der Waals surface area contributed by atoms with Gasteiger partial charge in [-0.2, -0.15) is 13.2 Å². The number of hydrogen-bond acceptors (Lipinski definition) is 5. The van der Waals surface area contributed by atoms with Crippen LogP contribution in [0.4, 0.5) is 13.2 Å². The minimum Gasteiger partial charge on any atom is -0.506 e. The predicted molar refractivity (Wildman–Crippen MR) is 215 cm³/mol. The average Bonchev–Trinajstić information content (AvgIpc) is 3.55. The Hall–Kier alpha value is -4.18. The molecule has 0 saturated carbocycles. The van der Waals surface area contributed by atoms with Crippen LogP contribution < -0.4 is 21.5 Å². The van der Waals surface area contributed by atoms with Crippen molar-refractivity contribution in [2.24, 2.45) is 0 Å².